The van der Waals surface area contributed by atoms with Crippen LogP contribution in [0, 0.1) is 5.82 Å². The Morgan fingerprint density at radius 1 is 1.18 bits per heavy atom. The standard InChI is InChI=1S/C21H18ClF2N3O/c22-18-10-14(3-4-15(18)12-23)11-21(28)26-9-1-2-19-20(26)13-25-27(19)17-7-5-16(24)6-8-17/h3-8,10,13H,1-2,9,11-12H2. The van der Waals surface area contributed by atoms with E-state index in [1.54, 1.807) is 46.1 Å². The average molecular weight is 402 g/mol. The summed E-state index contributed by atoms with van der Waals surface area (Å²) in [5, 5.41) is 4.74. The van der Waals surface area contributed by atoms with Gasteiger partial charge in [-0.1, -0.05) is 23.7 Å². The van der Waals surface area contributed by atoms with Crippen molar-refractivity contribution in [2.75, 3.05) is 11.4 Å². The Morgan fingerprint density at radius 2 is 1.96 bits per heavy atom. The van der Waals surface area contributed by atoms with Crippen molar-refractivity contribution in [3.05, 3.63) is 76.3 Å². The van der Waals surface area contributed by atoms with Crippen molar-refractivity contribution in [2.24, 2.45) is 0 Å². The predicted octanol–water partition coefficient (Wildman–Crippen LogP) is 4.66. The summed E-state index contributed by atoms with van der Waals surface area (Å²) >= 11 is 6.06. The second-order valence-electron chi connectivity index (χ2n) is 6.75. The molecule has 1 aliphatic heterocycles. The van der Waals surface area contributed by atoms with Crippen molar-refractivity contribution < 1.29 is 13.6 Å². The molecule has 0 N–H and O–H groups in total. The van der Waals surface area contributed by atoms with Gasteiger partial charge in [-0.05, 0) is 48.7 Å². The van der Waals surface area contributed by atoms with Gasteiger partial charge in [-0.2, -0.15) is 5.10 Å². The van der Waals surface area contributed by atoms with Gasteiger partial charge in [0.15, 0.2) is 0 Å². The summed E-state index contributed by atoms with van der Waals surface area (Å²) in [4.78, 5) is 14.6. The number of rotatable bonds is 4. The van der Waals surface area contributed by atoms with Gasteiger partial charge in [-0.3, -0.25) is 4.79 Å². The van der Waals surface area contributed by atoms with Crippen molar-refractivity contribution in [1.29, 1.82) is 0 Å². The Bertz CT molecular complexity index is 1020. The zero-order valence-corrected chi connectivity index (χ0v) is 15.8. The molecule has 0 spiro atoms. The molecule has 2 heterocycles. The zero-order chi connectivity index (χ0) is 19.7. The predicted molar refractivity (Wildman–Crippen MR) is 104 cm³/mol. The molecule has 0 aliphatic carbocycles. The number of alkyl halides is 1. The molecule has 0 atom stereocenters. The smallest absolute Gasteiger partial charge is 0.231 e. The van der Waals surface area contributed by atoms with Gasteiger partial charge < -0.3 is 4.90 Å². The number of carbonyl (C=O) groups is 1. The van der Waals surface area contributed by atoms with Crippen LogP contribution in [0.4, 0.5) is 14.5 Å². The maximum Gasteiger partial charge on any atom is 0.231 e. The van der Waals surface area contributed by atoms with Gasteiger partial charge >= 0.3 is 0 Å². The number of halogens is 3. The maximum atomic E-state index is 13.2. The van der Waals surface area contributed by atoms with Gasteiger partial charge in [0.05, 0.1) is 29.7 Å². The van der Waals surface area contributed by atoms with Crippen molar-refractivity contribution in [3.8, 4) is 5.69 Å². The van der Waals surface area contributed by atoms with Crippen LogP contribution in [0.1, 0.15) is 23.2 Å². The summed E-state index contributed by atoms with van der Waals surface area (Å²) in [5.41, 5.74) is 3.61. The lowest BCUT2D eigenvalue weighted by molar-refractivity contribution is -0.118. The first-order valence-corrected chi connectivity index (χ1v) is 9.41. The molecule has 144 valence electrons. The molecule has 0 saturated heterocycles. The van der Waals surface area contributed by atoms with Crippen LogP contribution in [0.3, 0.4) is 0 Å². The van der Waals surface area contributed by atoms with E-state index in [9.17, 15) is 13.6 Å². The highest BCUT2D eigenvalue weighted by Gasteiger charge is 2.26. The quantitative estimate of drug-likeness (QED) is 0.638. The third kappa shape index (κ3) is 3.52. The van der Waals surface area contributed by atoms with E-state index in [4.69, 9.17) is 11.6 Å². The highest BCUT2D eigenvalue weighted by molar-refractivity contribution is 6.31. The molecule has 2 aromatic carbocycles. The van der Waals surface area contributed by atoms with E-state index in [0.29, 0.717) is 17.1 Å². The topological polar surface area (TPSA) is 38.1 Å². The lowest BCUT2D eigenvalue weighted by atomic mass is 10.1. The molecular formula is C21H18ClF2N3O. The fourth-order valence-corrected chi connectivity index (χ4v) is 3.75. The van der Waals surface area contributed by atoms with E-state index in [1.807, 2.05) is 0 Å². The molecule has 0 saturated carbocycles. The first kappa shape index (κ1) is 18.6. The highest BCUT2D eigenvalue weighted by atomic mass is 35.5. The van der Waals surface area contributed by atoms with Crippen molar-refractivity contribution in [2.45, 2.75) is 25.9 Å². The maximum absolute atomic E-state index is 13.2. The van der Waals surface area contributed by atoms with E-state index in [-0.39, 0.29) is 18.1 Å². The molecule has 7 heteroatoms. The molecule has 0 fully saturated rings. The number of aromatic nitrogens is 2. The molecule has 1 aliphatic rings. The fraction of sp³-hybridized carbons (Fsp3) is 0.238. The van der Waals surface area contributed by atoms with Crippen molar-refractivity contribution in [3.63, 3.8) is 0 Å². The SMILES string of the molecule is O=C(Cc1ccc(CF)c(Cl)c1)N1CCCc2c1cnn2-c1ccc(F)cc1. The van der Waals surface area contributed by atoms with Crippen LogP contribution >= 0.6 is 11.6 Å². The summed E-state index contributed by atoms with van der Waals surface area (Å²) < 4.78 is 27.8. The number of hydrogen-bond donors (Lipinski definition) is 0. The Balaban J connectivity index is 1.58. The third-order valence-electron chi connectivity index (χ3n) is 4.92. The number of benzene rings is 2. The summed E-state index contributed by atoms with van der Waals surface area (Å²) in [7, 11) is 0. The first-order valence-electron chi connectivity index (χ1n) is 9.03. The van der Waals surface area contributed by atoms with Gasteiger partial charge in [0, 0.05) is 17.1 Å². The molecule has 28 heavy (non-hydrogen) atoms. The van der Waals surface area contributed by atoms with Crippen LogP contribution in [0.15, 0.2) is 48.7 Å². The van der Waals surface area contributed by atoms with E-state index in [0.717, 1.165) is 35.5 Å². The van der Waals surface area contributed by atoms with Gasteiger partial charge in [0.1, 0.15) is 12.5 Å². The van der Waals surface area contributed by atoms with Gasteiger partial charge in [-0.25, -0.2) is 13.5 Å². The second kappa shape index (κ2) is 7.72. The average Bonchev–Trinajstić information content (AvgIpc) is 3.13. The number of amides is 1. The Hall–Kier alpha value is -2.73. The molecule has 0 radical (unpaired) electrons. The van der Waals surface area contributed by atoms with Crippen LogP contribution in [-0.4, -0.2) is 22.2 Å². The number of carbonyl (C=O) groups excluding carboxylic acids is 1. The first-order chi connectivity index (χ1) is 13.6. The molecule has 0 bridgehead atoms. The lowest BCUT2D eigenvalue weighted by Gasteiger charge is -2.27. The molecule has 4 rings (SSSR count). The van der Waals surface area contributed by atoms with E-state index in [1.165, 1.54) is 12.1 Å². The van der Waals surface area contributed by atoms with E-state index in [2.05, 4.69) is 5.10 Å². The van der Waals surface area contributed by atoms with Crippen molar-refractivity contribution in [1.82, 2.24) is 9.78 Å². The van der Waals surface area contributed by atoms with Crippen LogP contribution < -0.4 is 4.90 Å². The Labute approximate surface area is 166 Å². The Morgan fingerprint density at radius 3 is 2.68 bits per heavy atom. The molecule has 1 amide bonds. The van der Waals surface area contributed by atoms with Gasteiger partial charge in [0.25, 0.3) is 0 Å². The second-order valence-corrected chi connectivity index (χ2v) is 7.16. The van der Waals surface area contributed by atoms with Crippen LogP contribution in [0.5, 0.6) is 0 Å². The Kier molecular flexibility index (Phi) is 5.13. The molecular weight excluding hydrogens is 384 g/mol. The fourth-order valence-electron chi connectivity index (χ4n) is 3.49. The van der Waals surface area contributed by atoms with E-state index >= 15 is 0 Å². The minimum atomic E-state index is -0.634. The van der Waals surface area contributed by atoms with Crippen LogP contribution in [0.25, 0.3) is 5.69 Å². The van der Waals surface area contributed by atoms with Crippen LogP contribution in [-0.2, 0) is 24.3 Å². The van der Waals surface area contributed by atoms with Gasteiger partial charge in [0.2, 0.25) is 5.91 Å². The largest absolute Gasteiger partial charge is 0.309 e. The van der Waals surface area contributed by atoms with Crippen LogP contribution in [0.2, 0.25) is 5.02 Å². The summed E-state index contributed by atoms with van der Waals surface area (Å²) in [6, 6.07) is 11.1. The van der Waals surface area contributed by atoms with Crippen molar-refractivity contribution >= 4 is 23.2 Å². The molecule has 1 aromatic heterocycles. The van der Waals surface area contributed by atoms with Gasteiger partial charge in [-0.15, -0.1) is 0 Å². The molecule has 3 aromatic rings. The number of anilines is 1. The monoisotopic (exact) mass is 401 g/mol. The van der Waals surface area contributed by atoms with E-state index < -0.39 is 6.67 Å². The third-order valence-corrected chi connectivity index (χ3v) is 5.27. The minimum absolute atomic E-state index is 0.0660. The number of nitrogens with zero attached hydrogens (tertiary/aromatic N) is 3. The molecule has 4 nitrogen and oxygen atoms in total. The summed E-state index contributed by atoms with van der Waals surface area (Å²) in [5.74, 6) is -0.373. The summed E-state index contributed by atoms with van der Waals surface area (Å²) in [6.45, 7) is -0.0254. The highest BCUT2D eigenvalue weighted by Crippen LogP contribution is 2.30. The normalized spacial score (nSPS) is 13.5. The number of hydrogen-bond acceptors (Lipinski definition) is 2. The number of fused-ring (bicyclic) bond motifs is 1. The summed E-state index contributed by atoms with van der Waals surface area (Å²) in [6.07, 6.45) is 3.45. The molecule has 0 unspecified atom stereocenters. The zero-order valence-electron chi connectivity index (χ0n) is 15.0. The minimum Gasteiger partial charge on any atom is -0.309 e. The lowest BCUT2D eigenvalue weighted by Crippen LogP contribution is -2.36.